The molecule has 2 rings (SSSR count). The molecule has 0 aliphatic carbocycles. The van der Waals surface area contributed by atoms with E-state index in [4.69, 9.17) is 11.6 Å². The summed E-state index contributed by atoms with van der Waals surface area (Å²) in [6, 6.07) is 10.6. The van der Waals surface area contributed by atoms with Crippen LogP contribution in [0.15, 0.2) is 30.3 Å². The molecule has 1 aromatic carbocycles. The van der Waals surface area contributed by atoms with E-state index >= 15 is 0 Å². The first kappa shape index (κ1) is 16.1. The molecule has 0 spiro atoms. The largest absolute Gasteiger partial charge is 0.317 e. The third-order valence-electron chi connectivity index (χ3n) is 3.81. The van der Waals surface area contributed by atoms with Gasteiger partial charge in [0.2, 0.25) is 0 Å². The highest BCUT2D eigenvalue weighted by Gasteiger charge is 2.17. The maximum atomic E-state index is 6.38. The van der Waals surface area contributed by atoms with Crippen molar-refractivity contribution in [3.63, 3.8) is 0 Å². The van der Waals surface area contributed by atoms with E-state index in [-0.39, 0.29) is 0 Å². The molecule has 0 bridgehead atoms. The fourth-order valence-corrected chi connectivity index (χ4v) is 2.96. The van der Waals surface area contributed by atoms with Crippen molar-refractivity contribution in [2.75, 3.05) is 13.1 Å². The molecule has 3 nitrogen and oxygen atoms in total. The van der Waals surface area contributed by atoms with Crippen molar-refractivity contribution in [3.05, 3.63) is 52.3 Å². The third-order valence-corrected chi connectivity index (χ3v) is 4.29. The lowest BCUT2D eigenvalue weighted by Gasteiger charge is -2.17. The number of benzene rings is 1. The summed E-state index contributed by atoms with van der Waals surface area (Å²) in [5.41, 5.74) is 3.59. The Morgan fingerprint density at radius 2 is 1.95 bits per heavy atom. The lowest BCUT2D eigenvalue weighted by atomic mass is 9.92. The molecule has 4 heteroatoms. The molecule has 0 aliphatic heterocycles. The Hall–Kier alpha value is -1.32. The van der Waals surface area contributed by atoms with E-state index in [1.54, 1.807) is 4.68 Å². The molecule has 1 aromatic heterocycles. The Morgan fingerprint density at radius 3 is 2.52 bits per heavy atom. The molecule has 1 unspecified atom stereocenters. The minimum atomic E-state index is 0.521. The second-order valence-electron chi connectivity index (χ2n) is 5.55. The number of nitrogens with zero attached hydrogens (tertiary/aromatic N) is 2. The highest BCUT2D eigenvalue weighted by Crippen LogP contribution is 2.23. The molecule has 1 heterocycles. The van der Waals surface area contributed by atoms with E-state index in [2.05, 4.69) is 47.7 Å². The van der Waals surface area contributed by atoms with Gasteiger partial charge in [0.25, 0.3) is 0 Å². The average molecular weight is 306 g/mol. The zero-order chi connectivity index (χ0) is 15.2. The zero-order valence-corrected chi connectivity index (χ0v) is 13.8. The average Bonchev–Trinajstić information content (AvgIpc) is 2.72. The quantitative estimate of drug-likeness (QED) is 0.850. The number of nitrogens with one attached hydrogen (secondary N) is 1. The van der Waals surface area contributed by atoms with Crippen LogP contribution in [0.2, 0.25) is 5.15 Å². The van der Waals surface area contributed by atoms with Crippen molar-refractivity contribution in [3.8, 4) is 0 Å². The molecule has 0 amide bonds. The second kappa shape index (κ2) is 7.62. The summed E-state index contributed by atoms with van der Waals surface area (Å²) in [5.74, 6) is 0.521. The molecular weight excluding hydrogens is 282 g/mol. The molecule has 0 aliphatic rings. The summed E-state index contributed by atoms with van der Waals surface area (Å²) >= 11 is 6.38. The summed E-state index contributed by atoms with van der Waals surface area (Å²) < 4.78 is 1.76. The maximum Gasteiger partial charge on any atom is 0.130 e. The highest BCUT2D eigenvalue weighted by atomic mass is 35.5. The van der Waals surface area contributed by atoms with Gasteiger partial charge < -0.3 is 5.32 Å². The number of aryl methyl sites for hydroxylation is 2. The van der Waals surface area contributed by atoms with Crippen molar-refractivity contribution in [1.82, 2.24) is 15.1 Å². The first-order chi connectivity index (χ1) is 10.1. The van der Waals surface area contributed by atoms with Crippen molar-refractivity contribution >= 4 is 11.6 Å². The van der Waals surface area contributed by atoms with Crippen LogP contribution in [0.3, 0.4) is 0 Å². The minimum absolute atomic E-state index is 0.521. The predicted molar refractivity (Wildman–Crippen MR) is 88.8 cm³/mol. The van der Waals surface area contributed by atoms with Gasteiger partial charge in [-0.3, -0.25) is 4.68 Å². The topological polar surface area (TPSA) is 29.9 Å². The Kier molecular flexibility index (Phi) is 5.83. The normalized spacial score (nSPS) is 12.6. The lowest BCUT2D eigenvalue weighted by molar-refractivity contribution is 0.477. The summed E-state index contributed by atoms with van der Waals surface area (Å²) in [5, 5.41) is 8.65. The molecule has 2 aromatic rings. The molecular formula is C17H24ClN3. The number of halogens is 1. The monoisotopic (exact) mass is 305 g/mol. The summed E-state index contributed by atoms with van der Waals surface area (Å²) in [7, 11) is 1.90. The minimum Gasteiger partial charge on any atom is -0.317 e. The van der Waals surface area contributed by atoms with Gasteiger partial charge >= 0.3 is 0 Å². The van der Waals surface area contributed by atoms with Gasteiger partial charge in [-0.05, 0) is 44.3 Å². The maximum absolute atomic E-state index is 6.38. The van der Waals surface area contributed by atoms with Crippen molar-refractivity contribution in [1.29, 1.82) is 0 Å². The van der Waals surface area contributed by atoms with E-state index in [1.165, 1.54) is 11.1 Å². The molecule has 0 radical (unpaired) electrons. The molecule has 1 N–H and O–H groups in total. The van der Waals surface area contributed by atoms with Crippen LogP contribution in [0.25, 0.3) is 0 Å². The van der Waals surface area contributed by atoms with Crippen molar-refractivity contribution < 1.29 is 0 Å². The van der Waals surface area contributed by atoms with Gasteiger partial charge in [0, 0.05) is 12.6 Å². The summed E-state index contributed by atoms with van der Waals surface area (Å²) in [6.07, 6.45) is 2.01. The number of rotatable bonds is 7. The highest BCUT2D eigenvalue weighted by molar-refractivity contribution is 6.30. The van der Waals surface area contributed by atoms with Gasteiger partial charge in [0.15, 0.2) is 0 Å². The number of hydrogen-bond donors (Lipinski definition) is 1. The van der Waals surface area contributed by atoms with Crippen LogP contribution < -0.4 is 5.32 Å². The van der Waals surface area contributed by atoms with Crippen LogP contribution in [-0.2, 0) is 19.9 Å². The standard InChI is InChI=1S/C17H24ClN3/c1-4-19-12-15(10-14-8-6-5-7-9-14)11-16-13(2)20-21(3)17(16)18/h5-9,15,19H,4,10-12H2,1-3H3. The fourth-order valence-electron chi connectivity index (χ4n) is 2.71. The van der Waals surface area contributed by atoms with Crippen LogP contribution in [0.4, 0.5) is 0 Å². The molecule has 114 valence electrons. The second-order valence-corrected chi connectivity index (χ2v) is 5.90. The Labute approximate surface area is 132 Å². The molecule has 1 atom stereocenters. The Balaban J connectivity index is 2.12. The van der Waals surface area contributed by atoms with E-state index in [0.29, 0.717) is 5.92 Å². The Morgan fingerprint density at radius 1 is 1.24 bits per heavy atom. The number of aromatic nitrogens is 2. The fraction of sp³-hybridized carbons (Fsp3) is 0.471. The first-order valence-corrected chi connectivity index (χ1v) is 7.92. The van der Waals surface area contributed by atoms with Crippen LogP contribution in [0.5, 0.6) is 0 Å². The van der Waals surface area contributed by atoms with Gasteiger partial charge in [0.1, 0.15) is 5.15 Å². The smallest absolute Gasteiger partial charge is 0.130 e. The van der Waals surface area contributed by atoms with E-state index in [9.17, 15) is 0 Å². The summed E-state index contributed by atoms with van der Waals surface area (Å²) in [6.45, 7) is 6.16. The van der Waals surface area contributed by atoms with Gasteiger partial charge in [-0.2, -0.15) is 5.10 Å². The third kappa shape index (κ3) is 4.32. The van der Waals surface area contributed by atoms with E-state index < -0.39 is 0 Å². The van der Waals surface area contributed by atoms with Crippen LogP contribution >= 0.6 is 11.6 Å². The lowest BCUT2D eigenvalue weighted by Crippen LogP contribution is -2.26. The number of hydrogen-bond acceptors (Lipinski definition) is 2. The van der Waals surface area contributed by atoms with Gasteiger partial charge in [-0.1, -0.05) is 48.9 Å². The van der Waals surface area contributed by atoms with E-state index in [1.807, 2.05) is 14.0 Å². The van der Waals surface area contributed by atoms with E-state index in [0.717, 1.165) is 36.8 Å². The SMILES string of the molecule is CCNCC(Cc1ccccc1)Cc1c(C)nn(C)c1Cl. The van der Waals surface area contributed by atoms with Crippen LogP contribution in [0, 0.1) is 12.8 Å². The molecule has 0 saturated heterocycles. The van der Waals surface area contributed by atoms with Gasteiger partial charge in [-0.15, -0.1) is 0 Å². The Bertz CT molecular complexity index is 563. The first-order valence-electron chi connectivity index (χ1n) is 7.54. The van der Waals surface area contributed by atoms with Gasteiger partial charge in [-0.25, -0.2) is 0 Å². The predicted octanol–water partition coefficient (Wildman–Crippen LogP) is 3.39. The van der Waals surface area contributed by atoms with Crippen LogP contribution in [0.1, 0.15) is 23.7 Å². The van der Waals surface area contributed by atoms with Crippen LogP contribution in [-0.4, -0.2) is 22.9 Å². The van der Waals surface area contributed by atoms with Crippen molar-refractivity contribution in [2.45, 2.75) is 26.7 Å². The molecule has 0 fully saturated rings. The van der Waals surface area contributed by atoms with Crippen molar-refractivity contribution in [2.24, 2.45) is 13.0 Å². The van der Waals surface area contributed by atoms with Gasteiger partial charge in [0.05, 0.1) is 5.69 Å². The summed E-state index contributed by atoms with van der Waals surface area (Å²) in [4.78, 5) is 0. The molecule has 21 heavy (non-hydrogen) atoms. The zero-order valence-electron chi connectivity index (χ0n) is 13.1. The molecule has 0 saturated carbocycles.